The van der Waals surface area contributed by atoms with Crippen LogP contribution in [0.5, 0.6) is 11.5 Å². The van der Waals surface area contributed by atoms with E-state index in [1.165, 1.54) is 29.4 Å². The summed E-state index contributed by atoms with van der Waals surface area (Å²) in [6, 6.07) is 20.7. The third-order valence-electron chi connectivity index (χ3n) is 8.82. The van der Waals surface area contributed by atoms with Gasteiger partial charge in [-0.3, -0.25) is 9.78 Å². The number of esters is 1. The number of halogens is 4. The SMILES string of the molecule is CCC(CC)(C(=O)OCN(Cc1ccc(OC)cc1)c1ccc(F)cc1F)c1cncc(N(Cc2ccc(OC)cc2)c2ccc(F)cc2F)n1. The molecular formula is C39H38F4N4O4. The van der Waals surface area contributed by atoms with Crippen LogP contribution in [0.4, 0.5) is 34.8 Å². The van der Waals surface area contributed by atoms with Crippen LogP contribution < -0.4 is 19.3 Å². The fourth-order valence-electron chi connectivity index (χ4n) is 5.79. The van der Waals surface area contributed by atoms with Gasteiger partial charge in [0.2, 0.25) is 0 Å². The number of anilines is 3. The van der Waals surface area contributed by atoms with E-state index in [1.807, 2.05) is 26.0 Å². The number of carbonyl (C=O) groups excluding carboxylic acids is 1. The van der Waals surface area contributed by atoms with E-state index in [0.717, 1.165) is 35.4 Å². The van der Waals surface area contributed by atoms with Gasteiger partial charge in [-0.1, -0.05) is 38.1 Å². The molecule has 0 unspecified atom stereocenters. The van der Waals surface area contributed by atoms with Gasteiger partial charge < -0.3 is 24.0 Å². The fourth-order valence-corrected chi connectivity index (χ4v) is 5.79. The standard InChI is InChI=1S/C39H38F4N4O4/c1-5-39(6-2,38(48)51-25-46(34-17-11-28(40)19-32(34)42)23-26-7-13-30(49-3)14-8-26)36-21-44-22-37(45-36)47(35-18-12-29(41)20-33(35)43)24-27-9-15-31(50-4)16-10-27/h7-22H,5-6,23-25H2,1-4H3. The van der Waals surface area contributed by atoms with Crippen LogP contribution in [0.1, 0.15) is 43.5 Å². The maximum absolute atomic E-state index is 15.3. The van der Waals surface area contributed by atoms with Gasteiger partial charge in [0.25, 0.3) is 0 Å². The summed E-state index contributed by atoms with van der Waals surface area (Å²) in [6.07, 6.45) is 3.41. The molecule has 0 amide bonds. The van der Waals surface area contributed by atoms with Crippen LogP contribution in [0.15, 0.2) is 97.3 Å². The van der Waals surface area contributed by atoms with E-state index in [4.69, 9.17) is 19.2 Å². The first-order valence-corrected chi connectivity index (χ1v) is 16.3. The van der Waals surface area contributed by atoms with Crippen molar-refractivity contribution in [3.05, 3.63) is 137 Å². The van der Waals surface area contributed by atoms with E-state index in [1.54, 1.807) is 55.5 Å². The van der Waals surface area contributed by atoms with Gasteiger partial charge >= 0.3 is 5.97 Å². The molecule has 12 heteroatoms. The molecule has 0 N–H and O–H groups in total. The Kier molecular flexibility index (Phi) is 11.8. The van der Waals surface area contributed by atoms with Crippen LogP contribution in [0.25, 0.3) is 0 Å². The van der Waals surface area contributed by atoms with E-state index < -0.39 is 34.7 Å². The van der Waals surface area contributed by atoms with Crippen molar-refractivity contribution >= 4 is 23.2 Å². The summed E-state index contributed by atoms with van der Waals surface area (Å²) in [5.74, 6) is -2.27. The number of hydrogen-bond acceptors (Lipinski definition) is 8. The maximum Gasteiger partial charge on any atom is 0.319 e. The molecule has 0 saturated carbocycles. The van der Waals surface area contributed by atoms with Gasteiger partial charge in [-0.05, 0) is 72.5 Å². The average Bonchev–Trinajstić information content (AvgIpc) is 3.14. The highest BCUT2D eigenvalue weighted by atomic mass is 19.1. The molecule has 1 heterocycles. The Labute approximate surface area is 294 Å². The predicted molar refractivity (Wildman–Crippen MR) is 186 cm³/mol. The van der Waals surface area contributed by atoms with Crippen LogP contribution in [0.2, 0.25) is 0 Å². The summed E-state index contributed by atoms with van der Waals surface area (Å²) < 4.78 is 74.5. The monoisotopic (exact) mass is 702 g/mol. The van der Waals surface area contributed by atoms with Gasteiger partial charge in [-0.15, -0.1) is 0 Å². The number of nitrogens with zero attached hydrogens (tertiary/aromatic N) is 4. The minimum absolute atomic E-state index is 0.0379. The molecule has 51 heavy (non-hydrogen) atoms. The molecule has 266 valence electrons. The quantitative estimate of drug-likeness (QED) is 0.0610. The number of benzene rings is 4. The lowest BCUT2D eigenvalue weighted by Crippen LogP contribution is -2.40. The highest BCUT2D eigenvalue weighted by Gasteiger charge is 2.41. The molecule has 5 rings (SSSR count). The highest BCUT2D eigenvalue weighted by Crippen LogP contribution is 2.36. The summed E-state index contributed by atoms with van der Waals surface area (Å²) in [4.78, 5) is 26.4. The van der Waals surface area contributed by atoms with Crippen molar-refractivity contribution in [1.29, 1.82) is 0 Å². The molecule has 0 atom stereocenters. The summed E-state index contributed by atoms with van der Waals surface area (Å²) in [6.45, 7) is 3.51. The maximum atomic E-state index is 15.3. The molecule has 0 aliphatic carbocycles. The highest BCUT2D eigenvalue weighted by molar-refractivity contribution is 5.83. The summed E-state index contributed by atoms with van der Waals surface area (Å²) in [5.41, 5.74) is 0.589. The van der Waals surface area contributed by atoms with Crippen LogP contribution in [0, 0.1) is 23.3 Å². The van der Waals surface area contributed by atoms with E-state index in [0.29, 0.717) is 11.5 Å². The lowest BCUT2D eigenvalue weighted by atomic mass is 9.79. The molecule has 0 fully saturated rings. The Morgan fingerprint density at radius 1 is 0.706 bits per heavy atom. The molecule has 1 aromatic heterocycles. The zero-order valence-electron chi connectivity index (χ0n) is 28.7. The topological polar surface area (TPSA) is 77.0 Å². The Bertz CT molecular complexity index is 1940. The largest absolute Gasteiger partial charge is 0.497 e. The van der Waals surface area contributed by atoms with Gasteiger partial charge in [0.05, 0.1) is 37.5 Å². The fraction of sp³-hybridized carbons (Fsp3) is 0.256. The van der Waals surface area contributed by atoms with Gasteiger partial charge in [0.15, 0.2) is 12.5 Å². The smallest absolute Gasteiger partial charge is 0.319 e. The third kappa shape index (κ3) is 8.39. The van der Waals surface area contributed by atoms with Crippen molar-refractivity contribution < 1.29 is 36.6 Å². The average molecular weight is 703 g/mol. The lowest BCUT2D eigenvalue weighted by molar-refractivity contribution is -0.151. The second-order valence-corrected chi connectivity index (χ2v) is 11.8. The first-order chi connectivity index (χ1) is 24.6. The molecule has 0 radical (unpaired) electrons. The zero-order chi connectivity index (χ0) is 36.5. The summed E-state index contributed by atoms with van der Waals surface area (Å²) in [7, 11) is 3.09. The van der Waals surface area contributed by atoms with Crippen molar-refractivity contribution in [1.82, 2.24) is 9.97 Å². The second kappa shape index (κ2) is 16.4. The number of aromatic nitrogens is 2. The summed E-state index contributed by atoms with van der Waals surface area (Å²) >= 11 is 0. The van der Waals surface area contributed by atoms with Crippen molar-refractivity contribution in [2.24, 2.45) is 0 Å². The minimum atomic E-state index is -1.30. The number of hydrogen-bond donors (Lipinski definition) is 0. The Morgan fingerprint density at radius 2 is 1.24 bits per heavy atom. The van der Waals surface area contributed by atoms with Gasteiger partial charge in [0.1, 0.15) is 40.2 Å². The van der Waals surface area contributed by atoms with Crippen LogP contribution in [-0.4, -0.2) is 36.9 Å². The van der Waals surface area contributed by atoms with Gasteiger partial charge in [-0.2, -0.15) is 0 Å². The van der Waals surface area contributed by atoms with Crippen molar-refractivity contribution in [2.45, 2.75) is 45.2 Å². The molecular weight excluding hydrogens is 664 g/mol. The molecule has 4 aromatic carbocycles. The molecule has 0 aliphatic rings. The first kappa shape index (κ1) is 36.6. The van der Waals surface area contributed by atoms with E-state index in [-0.39, 0.29) is 55.5 Å². The first-order valence-electron chi connectivity index (χ1n) is 16.3. The molecule has 0 bridgehead atoms. The van der Waals surface area contributed by atoms with Crippen molar-refractivity contribution in [3.8, 4) is 11.5 Å². The van der Waals surface area contributed by atoms with Crippen LogP contribution in [0.3, 0.4) is 0 Å². The second-order valence-electron chi connectivity index (χ2n) is 11.8. The van der Waals surface area contributed by atoms with Crippen molar-refractivity contribution in [2.75, 3.05) is 30.8 Å². The molecule has 0 saturated heterocycles. The molecule has 0 aliphatic heterocycles. The van der Waals surface area contributed by atoms with Gasteiger partial charge in [0, 0.05) is 31.4 Å². The van der Waals surface area contributed by atoms with E-state index >= 15 is 8.78 Å². The minimum Gasteiger partial charge on any atom is -0.497 e. The van der Waals surface area contributed by atoms with E-state index in [2.05, 4.69) is 4.98 Å². The Morgan fingerprint density at radius 3 is 1.75 bits per heavy atom. The number of carbonyl (C=O) groups is 1. The molecule has 8 nitrogen and oxygen atoms in total. The third-order valence-corrected chi connectivity index (χ3v) is 8.82. The normalized spacial score (nSPS) is 11.2. The van der Waals surface area contributed by atoms with Gasteiger partial charge in [-0.25, -0.2) is 22.5 Å². The molecule has 0 spiro atoms. The van der Waals surface area contributed by atoms with E-state index in [9.17, 15) is 13.6 Å². The van der Waals surface area contributed by atoms with Crippen LogP contribution >= 0.6 is 0 Å². The molecule has 5 aromatic rings. The van der Waals surface area contributed by atoms with Crippen molar-refractivity contribution in [3.63, 3.8) is 0 Å². The number of ether oxygens (including phenoxy) is 3. The van der Waals surface area contributed by atoms with Crippen LogP contribution in [-0.2, 0) is 28.0 Å². The zero-order valence-corrected chi connectivity index (χ0v) is 28.7. The predicted octanol–water partition coefficient (Wildman–Crippen LogP) is 8.65. The summed E-state index contributed by atoms with van der Waals surface area (Å²) in [5, 5.41) is 0. The Balaban J connectivity index is 1.47. The number of rotatable bonds is 15. The Hall–Kier alpha value is -5.65. The lowest BCUT2D eigenvalue weighted by Gasteiger charge is -2.32. The number of methoxy groups -OCH3 is 2.